The van der Waals surface area contributed by atoms with Crippen molar-refractivity contribution in [2.24, 2.45) is 5.92 Å². The normalized spacial score (nSPS) is 12.8. The van der Waals surface area contributed by atoms with Crippen molar-refractivity contribution >= 4 is 17.9 Å². The number of rotatable bonds is 22. The van der Waals surface area contributed by atoms with Gasteiger partial charge in [0.05, 0.1) is 12.7 Å². The molecule has 9 heteroatoms. The minimum atomic E-state index is -1.17. The summed E-state index contributed by atoms with van der Waals surface area (Å²) in [6, 6.07) is 0. The molecule has 37 heavy (non-hydrogen) atoms. The Balaban J connectivity index is -0.000000632. The van der Waals surface area contributed by atoms with E-state index in [0.29, 0.717) is 19.3 Å². The number of carboxylic acid groups (broad SMARTS) is 3. The summed E-state index contributed by atoms with van der Waals surface area (Å²) in [7, 11) is 0. The maximum atomic E-state index is 10.4. The molecule has 0 rings (SSSR count). The number of carbonyl (C=O) groups is 3. The van der Waals surface area contributed by atoms with Gasteiger partial charge in [-0.15, -0.1) is 0 Å². The van der Waals surface area contributed by atoms with Crippen LogP contribution in [0.15, 0.2) is 0 Å². The Labute approximate surface area is 224 Å². The van der Waals surface area contributed by atoms with Gasteiger partial charge in [-0.1, -0.05) is 97.3 Å². The van der Waals surface area contributed by atoms with Gasteiger partial charge < -0.3 is 30.6 Å². The van der Waals surface area contributed by atoms with Gasteiger partial charge in [-0.3, -0.25) is 9.59 Å². The zero-order valence-corrected chi connectivity index (χ0v) is 23.6. The summed E-state index contributed by atoms with van der Waals surface area (Å²) < 4.78 is 0. The van der Waals surface area contributed by atoms with E-state index < -0.39 is 30.1 Å². The van der Waals surface area contributed by atoms with Crippen molar-refractivity contribution in [2.75, 3.05) is 6.61 Å². The molecule has 0 amide bonds. The smallest absolute Gasteiger partial charge is 0.332 e. The molecule has 3 unspecified atom stereocenters. The predicted molar refractivity (Wildman–Crippen MR) is 146 cm³/mol. The molecule has 0 aliphatic carbocycles. The third-order valence-electron chi connectivity index (χ3n) is 5.81. The van der Waals surface area contributed by atoms with Gasteiger partial charge in [0.1, 0.15) is 0 Å². The topological polar surface area (TPSA) is 173 Å². The lowest BCUT2D eigenvalue weighted by atomic mass is 9.96. The molecule has 0 radical (unpaired) electrons. The van der Waals surface area contributed by atoms with E-state index >= 15 is 0 Å². The highest BCUT2D eigenvalue weighted by Gasteiger charge is 2.11. The molecule has 222 valence electrons. The van der Waals surface area contributed by atoms with Crippen LogP contribution in [0.25, 0.3) is 0 Å². The van der Waals surface area contributed by atoms with Crippen molar-refractivity contribution in [1.29, 1.82) is 0 Å². The maximum absolute atomic E-state index is 10.4. The molecule has 0 saturated heterocycles. The number of carboxylic acids is 3. The Bertz CT molecular complexity index is 508. The highest BCUT2D eigenvalue weighted by Crippen LogP contribution is 2.18. The zero-order valence-electron chi connectivity index (χ0n) is 23.6. The van der Waals surface area contributed by atoms with E-state index in [2.05, 4.69) is 13.8 Å². The number of hydrogen-bond acceptors (Lipinski definition) is 6. The van der Waals surface area contributed by atoms with E-state index in [1.54, 1.807) is 0 Å². The first-order chi connectivity index (χ1) is 17.5. The summed E-state index contributed by atoms with van der Waals surface area (Å²) in [6.45, 7) is 6.04. The molecule has 0 heterocycles. The highest BCUT2D eigenvalue weighted by atomic mass is 16.4. The second kappa shape index (κ2) is 30.5. The minimum absolute atomic E-state index is 0.0628. The predicted octanol–water partition coefficient (Wildman–Crippen LogP) is 5.62. The molecule has 0 aromatic rings. The second-order valence-corrected chi connectivity index (χ2v) is 9.89. The molecule has 0 bridgehead atoms. The van der Waals surface area contributed by atoms with Crippen LogP contribution in [-0.4, -0.2) is 67.4 Å². The first kappa shape index (κ1) is 39.8. The molecule has 0 aromatic heterocycles. The van der Waals surface area contributed by atoms with E-state index in [0.717, 1.165) is 18.8 Å². The van der Waals surface area contributed by atoms with Crippen molar-refractivity contribution in [2.45, 2.75) is 149 Å². The lowest BCUT2D eigenvalue weighted by Gasteiger charge is -2.10. The Morgan fingerprint density at radius 1 is 0.595 bits per heavy atom. The molecular weight excluding hydrogens is 480 g/mol. The van der Waals surface area contributed by atoms with Crippen LogP contribution in [0, 0.1) is 5.92 Å². The Hall–Kier alpha value is -1.71. The van der Waals surface area contributed by atoms with Crippen molar-refractivity contribution in [3.8, 4) is 0 Å². The lowest BCUT2D eigenvalue weighted by Crippen LogP contribution is -2.18. The van der Waals surface area contributed by atoms with Gasteiger partial charge in [-0.05, 0) is 32.1 Å². The summed E-state index contributed by atoms with van der Waals surface area (Å²) in [5.41, 5.74) is 0. The van der Waals surface area contributed by atoms with E-state index in [1.165, 1.54) is 77.6 Å². The first-order valence-corrected chi connectivity index (χ1v) is 14.1. The number of aliphatic carboxylic acids is 3. The molecule has 0 saturated carbocycles. The molecule has 0 aromatic carbocycles. The van der Waals surface area contributed by atoms with Crippen molar-refractivity contribution < 1.29 is 45.0 Å². The van der Waals surface area contributed by atoms with Crippen LogP contribution in [0.1, 0.15) is 136 Å². The maximum Gasteiger partial charge on any atom is 0.332 e. The molecule has 3 atom stereocenters. The first-order valence-electron chi connectivity index (χ1n) is 14.1. The van der Waals surface area contributed by atoms with Crippen LogP contribution in [0.4, 0.5) is 0 Å². The van der Waals surface area contributed by atoms with Gasteiger partial charge in [-0.2, -0.15) is 0 Å². The van der Waals surface area contributed by atoms with E-state index in [1.807, 2.05) is 0 Å². The minimum Gasteiger partial charge on any atom is -0.481 e. The standard InChI is InChI=1S/C19H38O3.C6H10O4.C3H8O2/c1-3-4-5-11-14-17(2)15-12-9-7-6-8-10-13-16-18(20)19(21)22;7-5(8)3-1-2-4-6(9)10;1-3(5)2-4/h17-18,20H,3-16H2,1-2H3,(H,21,22);1-4H2,(H,7,8)(H,9,10);3-5H,2H2,1H3. The number of hydrogen-bond donors (Lipinski definition) is 6. The zero-order chi connectivity index (χ0) is 28.9. The van der Waals surface area contributed by atoms with Gasteiger partial charge in [0.15, 0.2) is 6.10 Å². The van der Waals surface area contributed by atoms with E-state index in [9.17, 15) is 14.4 Å². The Morgan fingerprint density at radius 2 is 0.946 bits per heavy atom. The second-order valence-electron chi connectivity index (χ2n) is 9.89. The van der Waals surface area contributed by atoms with Crippen molar-refractivity contribution in [3.05, 3.63) is 0 Å². The third-order valence-corrected chi connectivity index (χ3v) is 5.81. The molecule has 0 aliphatic heterocycles. The lowest BCUT2D eigenvalue weighted by molar-refractivity contribution is -0.147. The van der Waals surface area contributed by atoms with Gasteiger partial charge in [0.25, 0.3) is 0 Å². The van der Waals surface area contributed by atoms with Crippen LogP contribution >= 0.6 is 0 Å². The van der Waals surface area contributed by atoms with Crippen LogP contribution in [0.5, 0.6) is 0 Å². The molecule has 0 spiro atoms. The summed E-state index contributed by atoms with van der Waals surface area (Å²) in [6.07, 6.45) is 16.2. The van der Waals surface area contributed by atoms with Crippen LogP contribution < -0.4 is 0 Å². The number of aliphatic hydroxyl groups excluding tert-OH is 3. The Kier molecular flexibility index (Phi) is 32.8. The molecule has 6 N–H and O–H groups in total. The number of aliphatic hydroxyl groups is 3. The average Bonchev–Trinajstić information content (AvgIpc) is 2.83. The van der Waals surface area contributed by atoms with Crippen LogP contribution in [0.3, 0.4) is 0 Å². The average molecular weight is 537 g/mol. The fourth-order valence-electron chi connectivity index (χ4n) is 3.45. The van der Waals surface area contributed by atoms with E-state index in [4.69, 9.17) is 30.6 Å². The summed E-state index contributed by atoms with van der Waals surface area (Å²) in [5.74, 6) is -1.95. The van der Waals surface area contributed by atoms with Crippen LogP contribution in [0.2, 0.25) is 0 Å². The molecule has 0 aliphatic rings. The van der Waals surface area contributed by atoms with Crippen molar-refractivity contribution in [3.63, 3.8) is 0 Å². The monoisotopic (exact) mass is 536 g/mol. The SMILES string of the molecule is CC(O)CO.CCCCCCC(C)CCCCCCCCCC(O)C(=O)O.O=C(O)CCCCC(=O)O. The largest absolute Gasteiger partial charge is 0.481 e. The fraction of sp³-hybridized carbons (Fsp3) is 0.893. The molecule has 9 nitrogen and oxygen atoms in total. The quantitative estimate of drug-likeness (QED) is 0.0959. The van der Waals surface area contributed by atoms with Gasteiger partial charge in [0, 0.05) is 12.8 Å². The Morgan fingerprint density at radius 3 is 1.27 bits per heavy atom. The fourth-order valence-corrected chi connectivity index (χ4v) is 3.45. The van der Waals surface area contributed by atoms with Crippen LogP contribution in [-0.2, 0) is 14.4 Å². The highest BCUT2D eigenvalue weighted by molar-refractivity contribution is 5.71. The molecule has 0 fully saturated rings. The van der Waals surface area contributed by atoms with Gasteiger partial charge >= 0.3 is 17.9 Å². The molecular formula is C28H56O9. The number of unbranched alkanes of at least 4 members (excludes halogenated alkanes) is 10. The van der Waals surface area contributed by atoms with E-state index in [-0.39, 0.29) is 19.4 Å². The van der Waals surface area contributed by atoms with Gasteiger partial charge in [-0.25, -0.2) is 4.79 Å². The summed E-state index contributed by atoms with van der Waals surface area (Å²) in [4.78, 5) is 30.2. The van der Waals surface area contributed by atoms with Crippen molar-refractivity contribution in [1.82, 2.24) is 0 Å². The summed E-state index contributed by atoms with van der Waals surface area (Å²) in [5, 5.41) is 50.0. The third kappa shape index (κ3) is 41.7. The summed E-state index contributed by atoms with van der Waals surface area (Å²) >= 11 is 0. The van der Waals surface area contributed by atoms with Gasteiger partial charge in [0.2, 0.25) is 0 Å².